The Hall–Kier alpha value is -1.38. The van der Waals surface area contributed by atoms with Crippen LogP contribution in [0.2, 0.25) is 0 Å². The monoisotopic (exact) mass is 441 g/mol. The molecular weight excluding hydrogens is 418 g/mol. The molecule has 1 aromatic carbocycles. The van der Waals surface area contributed by atoms with Gasteiger partial charge in [-0.3, -0.25) is 14.2 Å². The standard InChI is InChI=1S/C18H24BrN3O3S/c1-10(2)12(4)20-16(24)9-26-18-21-15-6-5-13(19)7-14(15)17(25)22(18)8-11(3)23/h5-7,10-12,23H,8-9H2,1-4H3,(H,20,24)/t11-,12+/m1/s1. The van der Waals surface area contributed by atoms with Gasteiger partial charge in [-0.05, 0) is 38.0 Å². The van der Waals surface area contributed by atoms with E-state index in [1.165, 1.54) is 16.3 Å². The summed E-state index contributed by atoms with van der Waals surface area (Å²) in [6.45, 7) is 7.79. The number of amides is 1. The number of nitrogens with one attached hydrogen (secondary N) is 1. The molecule has 2 atom stereocenters. The smallest absolute Gasteiger partial charge is 0.262 e. The number of aliphatic hydroxyl groups excluding tert-OH is 1. The van der Waals surface area contributed by atoms with E-state index in [1.807, 2.05) is 26.8 Å². The lowest BCUT2D eigenvalue weighted by atomic mass is 10.1. The van der Waals surface area contributed by atoms with Crippen LogP contribution in [0.1, 0.15) is 27.7 Å². The third-order valence-electron chi connectivity index (χ3n) is 4.05. The minimum absolute atomic E-state index is 0.0738. The number of hydrogen-bond donors (Lipinski definition) is 2. The molecule has 6 nitrogen and oxygen atoms in total. The van der Waals surface area contributed by atoms with Crippen molar-refractivity contribution in [3.05, 3.63) is 33.0 Å². The highest BCUT2D eigenvalue weighted by Gasteiger charge is 2.16. The quantitative estimate of drug-likeness (QED) is 0.509. The van der Waals surface area contributed by atoms with Gasteiger partial charge in [0.2, 0.25) is 5.91 Å². The lowest BCUT2D eigenvalue weighted by Gasteiger charge is -2.18. The highest BCUT2D eigenvalue weighted by Crippen LogP contribution is 2.21. The largest absolute Gasteiger partial charge is 0.392 e. The molecule has 0 saturated heterocycles. The van der Waals surface area contributed by atoms with Crippen LogP contribution in [0.25, 0.3) is 10.9 Å². The van der Waals surface area contributed by atoms with E-state index < -0.39 is 6.10 Å². The van der Waals surface area contributed by atoms with Crippen LogP contribution in [0.15, 0.2) is 32.6 Å². The van der Waals surface area contributed by atoms with E-state index in [1.54, 1.807) is 19.1 Å². The average Bonchev–Trinajstić information content (AvgIpc) is 2.56. The van der Waals surface area contributed by atoms with Crippen molar-refractivity contribution in [2.24, 2.45) is 5.92 Å². The summed E-state index contributed by atoms with van der Waals surface area (Å²) in [6, 6.07) is 5.37. The first-order valence-electron chi connectivity index (χ1n) is 8.49. The van der Waals surface area contributed by atoms with Crippen molar-refractivity contribution in [3.63, 3.8) is 0 Å². The summed E-state index contributed by atoms with van der Waals surface area (Å²) in [5.74, 6) is 0.394. The van der Waals surface area contributed by atoms with Gasteiger partial charge < -0.3 is 10.4 Å². The molecule has 26 heavy (non-hydrogen) atoms. The summed E-state index contributed by atoms with van der Waals surface area (Å²) >= 11 is 4.56. The third kappa shape index (κ3) is 5.31. The summed E-state index contributed by atoms with van der Waals surface area (Å²) in [5.41, 5.74) is 0.342. The predicted octanol–water partition coefficient (Wildman–Crippen LogP) is 2.79. The molecular formula is C18H24BrN3O3S. The van der Waals surface area contributed by atoms with E-state index in [2.05, 4.69) is 26.2 Å². The lowest BCUT2D eigenvalue weighted by Crippen LogP contribution is -2.37. The molecule has 0 aliphatic carbocycles. The summed E-state index contributed by atoms with van der Waals surface area (Å²) in [5, 5.41) is 13.6. The van der Waals surface area contributed by atoms with Crippen LogP contribution < -0.4 is 10.9 Å². The Morgan fingerprint density at radius 3 is 2.65 bits per heavy atom. The zero-order chi connectivity index (χ0) is 19.4. The first-order valence-corrected chi connectivity index (χ1v) is 10.3. The second-order valence-corrected chi connectivity index (χ2v) is 8.57. The SMILES string of the molecule is CC(C)[C@H](C)NC(=O)CSc1nc2ccc(Br)cc2c(=O)n1C[C@@H](C)O. The van der Waals surface area contributed by atoms with Gasteiger partial charge in [-0.1, -0.05) is 41.5 Å². The number of benzene rings is 1. The topological polar surface area (TPSA) is 84.2 Å². The van der Waals surface area contributed by atoms with Gasteiger partial charge >= 0.3 is 0 Å². The molecule has 8 heteroatoms. The van der Waals surface area contributed by atoms with E-state index in [0.29, 0.717) is 22.0 Å². The molecule has 0 unspecified atom stereocenters. The number of aliphatic hydroxyl groups is 1. The molecule has 0 fully saturated rings. The summed E-state index contributed by atoms with van der Waals surface area (Å²) in [7, 11) is 0. The Balaban J connectivity index is 2.31. The maximum Gasteiger partial charge on any atom is 0.262 e. The van der Waals surface area contributed by atoms with Gasteiger partial charge in [0.1, 0.15) is 0 Å². The second kappa shape index (κ2) is 9.01. The first-order chi connectivity index (χ1) is 12.2. The number of hydrogen-bond acceptors (Lipinski definition) is 5. The highest BCUT2D eigenvalue weighted by molar-refractivity contribution is 9.10. The number of halogens is 1. The predicted molar refractivity (Wildman–Crippen MR) is 109 cm³/mol. The number of carbonyl (C=O) groups excluding carboxylic acids is 1. The van der Waals surface area contributed by atoms with Crippen molar-refractivity contribution >= 4 is 44.5 Å². The number of fused-ring (bicyclic) bond motifs is 1. The zero-order valence-corrected chi connectivity index (χ0v) is 17.7. The summed E-state index contributed by atoms with van der Waals surface area (Å²) < 4.78 is 2.22. The molecule has 2 aromatic rings. The Labute approximate surface area is 165 Å². The molecule has 0 aliphatic rings. The van der Waals surface area contributed by atoms with Crippen molar-refractivity contribution in [1.82, 2.24) is 14.9 Å². The Morgan fingerprint density at radius 2 is 2.04 bits per heavy atom. The molecule has 0 bridgehead atoms. The minimum Gasteiger partial charge on any atom is -0.392 e. The van der Waals surface area contributed by atoms with Crippen molar-refractivity contribution in [2.75, 3.05) is 5.75 Å². The van der Waals surface area contributed by atoms with Gasteiger partial charge in [-0.15, -0.1) is 0 Å². The molecule has 0 saturated carbocycles. The van der Waals surface area contributed by atoms with Gasteiger partial charge in [0, 0.05) is 10.5 Å². The molecule has 142 valence electrons. The van der Waals surface area contributed by atoms with E-state index in [-0.39, 0.29) is 29.8 Å². The molecule has 2 rings (SSSR count). The molecule has 0 radical (unpaired) electrons. The molecule has 1 amide bonds. The maximum atomic E-state index is 12.8. The molecule has 1 aromatic heterocycles. The normalized spacial score (nSPS) is 13.8. The number of nitrogens with zero attached hydrogens (tertiary/aromatic N) is 2. The first kappa shape index (κ1) is 20.9. The fraction of sp³-hybridized carbons (Fsp3) is 0.500. The van der Waals surface area contributed by atoms with Crippen molar-refractivity contribution in [3.8, 4) is 0 Å². The Morgan fingerprint density at radius 1 is 1.35 bits per heavy atom. The summed E-state index contributed by atoms with van der Waals surface area (Å²) in [4.78, 5) is 29.5. The van der Waals surface area contributed by atoms with Gasteiger partial charge in [0.15, 0.2) is 5.16 Å². The van der Waals surface area contributed by atoms with Gasteiger partial charge in [-0.2, -0.15) is 0 Å². The molecule has 1 heterocycles. The van der Waals surface area contributed by atoms with Crippen LogP contribution in [0.5, 0.6) is 0 Å². The fourth-order valence-corrected chi connectivity index (χ4v) is 3.48. The van der Waals surface area contributed by atoms with Gasteiger partial charge in [0.05, 0.1) is 29.3 Å². The molecule has 0 aliphatic heterocycles. The van der Waals surface area contributed by atoms with E-state index in [0.717, 1.165) is 4.47 Å². The van der Waals surface area contributed by atoms with Crippen LogP contribution in [-0.4, -0.2) is 38.5 Å². The van der Waals surface area contributed by atoms with Crippen molar-refractivity contribution in [1.29, 1.82) is 0 Å². The number of thioether (sulfide) groups is 1. The van der Waals surface area contributed by atoms with Crippen LogP contribution >= 0.6 is 27.7 Å². The van der Waals surface area contributed by atoms with Crippen LogP contribution in [0, 0.1) is 5.92 Å². The van der Waals surface area contributed by atoms with Gasteiger partial charge in [-0.25, -0.2) is 4.98 Å². The van der Waals surface area contributed by atoms with Crippen molar-refractivity contribution in [2.45, 2.75) is 51.5 Å². The number of aromatic nitrogens is 2. The molecule has 0 spiro atoms. The highest BCUT2D eigenvalue weighted by atomic mass is 79.9. The summed E-state index contributed by atoms with van der Waals surface area (Å²) in [6.07, 6.45) is -0.701. The number of rotatable bonds is 7. The van der Waals surface area contributed by atoms with Gasteiger partial charge in [0.25, 0.3) is 5.56 Å². The maximum absolute atomic E-state index is 12.8. The third-order valence-corrected chi connectivity index (χ3v) is 5.52. The van der Waals surface area contributed by atoms with Crippen LogP contribution in [0.4, 0.5) is 0 Å². The molecule has 2 N–H and O–H groups in total. The number of carbonyl (C=O) groups is 1. The Kier molecular flexibility index (Phi) is 7.25. The van der Waals surface area contributed by atoms with Crippen molar-refractivity contribution < 1.29 is 9.90 Å². The Bertz CT molecular complexity index is 851. The second-order valence-electron chi connectivity index (χ2n) is 6.71. The zero-order valence-electron chi connectivity index (χ0n) is 15.3. The van der Waals surface area contributed by atoms with Crippen LogP contribution in [0.3, 0.4) is 0 Å². The van der Waals surface area contributed by atoms with E-state index in [4.69, 9.17) is 0 Å². The average molecular weight is 442 g/mol. The minimum atomic E-state index is -0.701. The lowest BCUT2D eigenvalue weighted by molar-refractivity contribution is -0.119. The van der Waals surface area contributed by atoms with Crippen LogP contribution in [-0.2, 0) is 11.3 Å². The fourth-order valence-electron chi connectivity index (χ4n) is 2.30. The van der Waals surface area contributed by atoms with E-state index >= 15 is 0 Å². The van der Waals surface area contributed by atoms with E-state index in [9.17, 15) is 14.7 Å².